The number of benzene rings is 2. The molecule has 0 aliphatic heterocycles. The number of aryl methyl sites for hydroxylation is 2. The summed E-state index contributed by atoms with van der Waals surface area (Å²) in [5.74, 6) is 0.337. The van der Waals surface area contributed by atoms with Gasteiger partial charge in [-0.1, -0.05) is 31.0 Å². The second kappa shape index (κ2) is 9.65. The maximum absolute atomic E-state index is 13.1. The van der Waals surface area contributed by atoms with Crippen LogP contribution in [0.5, 0.6) is 0 Å². The van der Waals surface area contributed by atoms with Gasteiger partial charge in [-0.05, 0) is 62.1 Å². The standard InChI is InChI=1S/C22H26FNOS2/c1-15-6-5-7-16(2)22(15)24-21(25)14-26-19-8-3-4-9-20(19)27-18-12-10-17(23)11-13-18/h5-7,10-13,19-20H,3-4,8-9,14H2,1-2H3,(H,24,25). The average molecular weight is 404 g/mol. The zero-order valence-electron chi connectivity index (χ0n) is 15.8. The van der Waals surface area contributed by atoms with Crippen LogP contribution in [0.1, 0.15) is 36.8 Å². The Labute approximate surface area is 169 Å². The van der Waals surface area contributed by atoms with Gasteiger partial charge in [0.1, 0.15) is 5.82 Å². The predicted octanol–water partition coefficient (Wildman–Crippen LogP) is 6.22. The lowest BCUT2D eigenvalue weighted by atomic mass is 10.00. The van der Waals surface area contributed by atoms with Gasteiger partial charge in [-0.3, -0.25) is 4.79 Å². The molecule has 0 heterocycles. The molecule has 2 unspecified atom stereocenters. The van der Waals surface area contributed by atoms with Crippen molar-refractivity contribution in [2.45, 2.75) is 54.9 Å². The number of halogens is 1. The van der Waals surface area contributed by atoms with Gasteiger partial charge in [0.2, 0.25) is 5.91 Å². The number of amides is 1. The van der Waals surface area contributed by atoms with Crippen LogP contribution >= 0.6 is 23.5 Å². The third kappa shape index (κ3) is 5.76. The first-order valence-corrected chi connectivity index (χ1v) is 11.4. The maximum atomic E-state index is 13.1. The molecule has 3 rings (SSSR count). The summed E-state index contributed by atoms with van der Waals surface area (Å²) in [7, 11) is 0. The summed E-state index contributed by atoms with van der Waals surface area (Å²) in [4.78, 5) is 13.6. The van der Waals surface area contributed by atoms with Crippen LogP contribution in [0.2, 0.25) is 0 Å². The van der Waals surface area contributed by atoms with E-state index in [0.29, 0.717) is 16.3 Å². The number of carbonyl (C=O) groups excluding carboxylic acids is 1. The molecule has 0 bridgehead atoms. The fourth-order valence-corrected chi connectivity index (χ4v) is 6.19. The van der Waals surface area contributed by atoms with E-state index in [2.05, 4.69) is 5.32 Å². The van der Waals surface area contributed by atoms with Crippen LogP contribution in [-0.2, 0) is 4.79 Å². The maximum Gasteiger partial charge on any atom is 0.234 e. The molecule has 0 spiro atoms. The minimum Gasteiger partial charge on any atom is -0.325 e. The van der Waals surface area contributed by atoms with Crippen molar-refractivity contribution in [3.05, 3.63) is 59.4 Å². The SMILES string of the molecule is Cc1cccc(C)c1NC(=O)CSC1CCCCC1Sc1ccc(F)cc1. The van der Waals surface area contributed by atoms with Gasteiger partial charge in [0.15, 0.2) is 0 Å². The van der Waals surface area contributed by atoms with E-state index in [-0.39, 0.29) is 11.7 Å². The van der Waals surface area contributed by atoms with Crippen molar-refractivity contribution < 1.29 is 9.18 Å². The highest BCUT2D eigenvalue weighted by Gasteiger charge is 2.27. The van der Waals surface area contributed by atoms with E-state index in [1.54, 1.807) is 11.8 Å². The molecule has 0 saturated heterocycles. The van der Waals surface area contributed by atoms with Crippen molar-refractivity contribution in [2.75, 3.05) is 11.1 Å². The fraction of sp³-hybridized carbons (Fsp3) is 0.409. The Morgan fingerprint density at radius 2 is 1.67 bits per heavy atom. The summed E-state index contributed by atoms with van der Waals surface area (Å²) < 4.78 is 13.1. The van der Waals surface area contributed by atoms with Crippen LogP contribution in [-0.4, -0.2) is 22.2 Å². The van der Waals surface area contributed by atoms with Crippen LogP contribution in [0.3, 0.4) is 0 Å². The summed E-state index contributed by atoms with van der Waals surface area (Å²) in [6.07, 6.45) is 4.74. The molecule has 2 aromatic rings. The highest BCUT2D eigenvalue weighted by Crippen LogP contribution is 2.39. The van der Waals surface area contributed by atoms with E-state index in [0.717, 1.165) is 34.6 Å². The monoisotopic (exact) mass is 403 g/mol. The first-order valence-electron chi connectivity index (χ1n) is 9.43. The second-order valence-electron chi connectivity index (χ2n) is 7.06. The highest BCUT2D eigenvalue weighted by molar-refractivity contribution is 8.04. The van der Waals surface area contributed by atoms with Gasteiger partial charge in [0.25, 0.3) is 0 Å². The summed E-state index contributed by atoms with van der Waals surface area (Å²) in [5, 5.41) is 4.01. The van der Waals surface area contributed by atoms with Gasteiger partial charge in [0.05, 0.1) is 5.75 Å². The fourth-order valence-electron chi connectivity index (χ4n) is 3.45. The number of anilines is 1. The van der Waals surface area contributed by atoms with E-state index in [1.165, 1.54) is 25.0 Å². The molecule has 2 atom stereocenters. The second-order valence-corrected chi connectivity index (χ2v) is 9.60. The normalized spacial score (nSPS) is 19.7. The van der Waals surface area contributed by atoms with Crippen molar-refractivity contribution >= 4 is 35.1 Å². The third-order valence-electron chi connectivity index (χ3n) is 4.92. The lowest BCUT2D eigenvalue weighted by Crippen LogP contribution is -2.27. The number of nitrogens with one attached hydrogen (secondary N) is 1. The zero-order chi connectivity index (χ0) is 19.2. The molecule has 144 valence electrons. The molecular weight excluding hydrogens is 377 g/mol. The van der Waals surface area contributed by atoms with Crippen LogP contribution in [0.4, 0.5) is 10.1 Å². The quantitative estimate of drug-likeness (QED) is 0.621. The number of carbonyl (C=O) groups is 1. The number of para-hydroxylation sites is 1. The average Bonchev–Trinajstić information content (AvgIpc) is 2.66. The molecule has 2 nitrogen and oxygen atoms in total. The minimum atomic E-state index is -0.197. The van der Waals surface area contributed by atoms with Gasteiger partial charge < -0.3 is 5.32 Å². The van der Waals surface area contributed by atoms with Crippen LogP contribution in [0, 0.1) is 19.7 Å². The molecule has 1 amide bonds. The lowest BCUT2D eigenvalue weighted by molar-refractivity contribution is -0.113. The lowest BCUT2D eigenvalue weighted by Gasteiger charge is -2.30. The molecule has 1 aliphatic rings. The molecule has 1 fully saturated rings. The Hall–Kier alpha value is -1.46. The number of hydrogen-bond acceptors (Lipinski definition) is 3. The van der Waals surface area contributed by atoms with Crippen LogP contribution in [0.15, 0.2) is 47.4 Å². The van der Waals surface area contributed by atoms with E-state index in [9.17, 15) is 9.18 Å². The van der Waals surface area contributed by atoms with Gasteiger partial charge in [0, 0.05) is 21.1 Å². The van der Waals surface area contributed by atoms with Crippen molar-refractivity contribution in [3.63, 3.8) is 0 Å². The number of thioether (sulfide) groups is 2. The largest absolute Gasteiger partial charge is 0.325 e. The van der Waals surface area contributed by atoms with E-state index < -0.39 is 0 Å². The van der Waals surface area contributed by atoms with Crippen molar-refractivity contribution in [1.29, 1.82) is 0 Å². The summed E-state index contributed by atoms with van der Waals surface area (Å²) >= 11 is 3.58. The Kier molecular flexibility index (Phi) is 7.25. The first kappa shape index (κ1) is 20.3. The van der Waals surface area contributed by atoms with Gasteiger partial charge in [-0.2, -0.15) is 0 Å². The first-order chi connectivity index (χ1) is 13.0. The smallest absolute Gasteiger partial charge is 0.234 e. The molecule has 1 aliphatic carbocycles. The summed E-state index contributed by atoms with van der Waals surface area (Å²) in [5.41, 5.74) is 3.12. The van der Waals surface area contributed by atoms with Crippen LogP contribution < -0.4 is 5.32 Å². The van der Waals surface area contributed by atoms with E-state index in [1.807, 2.05) is 55.9 Å². The van der Waals surface area contributed by atoms with E-state index in [4.69, 9.17) is 0 Å². The topological polar surface area (TPSA) is 29.1 Å². The Balaban J connectivity index is 1.56. The zero-order valence-corrected chi connectivity index (χ0v) is 17.5. The van der Waals surface area contributed by atoms with Crippen LogP contribution in [0.25, 0.3) is 0 Å². The van der Waals surface area contributed by atoms with Crippen molar-refractivity contribution in [3.8, 4) is 0 Å². The predicted molar refractivity (Wildman–Crippen MR) is 115 cm³/mol. The molecule has 0 aromatic heterocycles. The molecule has 5 heteroatoms. The minimum absolute atomic E-state index is 0.0634. The molecule has 1 saturated carbocycles. The molecule has 27 heavy (non-hydrogen) atoms. The third-order valence-corrected chi connectivity index (χ3v) is 7.92. The summed E-state index contributed by atoms with van der Waals surface area (Å²) in [6.45, 7) is 4.04. The molecule has 2 aromatic carbocycles. The Morgan fingerprint density at radius 3 is 2.33 bits per heavy atom. The van der Waals surface area contributed by atoms with Gasteiger partial charge in [-0.15, -0.1) is 23.5 Å². The highest BCUT2D eigenvalue weighted by atomic mass is 32.2. The van der Waals surface area contributed by atoms with E-state index >= 15 is 0 Å². The van der Waals surface area contributed by atoms with Gasteiger partial charge in [-0.25, -0.2) is 4.39 Å². The molecule has 1 N–H and O–H groups in total. The van der Waals surface area contributed by atoms with Gasteiger partial charge >= 0.3 is 0 Å². The Morgan fingerprint density at radius 1 is 1.04 bits per heavy atom. The van der Waals surface area contributed by atoms with Crippen molar-refractivity contribution in [1.82, 2.24) is 0 Å². The van der Waals surface area contributed by atoms with Crippen molar-refractivity contribution in [2.24, 2.45) is 0 Å². The number of hydrogen-bond donors (Lipinski definition) is 1. The summed E-state index contributed by atoms with van der Waals surface area (Å²) in [6, 6.07) is 12.8. The number of rotatable bonds is 6. The molecule has 0 radical (unpaired) electrons. The molecular formula is C22H26FNOS2. The Bertz CT molecular complexity index is 758.